The van der Waals surface area contributed by atoms with Crippen molar-refractivity contribution in [2.75, 3.05) is 18.8 Å². The lowest BCUT2D eigenvalue weighted by atomic mass is 10.00. The topological polar surface area (TPSA) is 120 Å². The maximum absolute atomic E-state index is 15.6. The number of fused-ring (bicyclic) bond motifs is 2. The van der Waals surface area contributed by atoms with Crippen molar-refractivity contribution in [1.82, 2.24) is 39.5 Å². The first-order chi connectivity index (χ1) is 20.9. The number of amides is 1. The van der Waals surface area contributed by atoms with E-state index >= 15 is 4.39 Å². The van der Waals surface area contributed by atoms with Gasteiger partial charge in [0.05, 0.1) is 11.6 Å². The van der Waals surface area contributed by atoms with Crippen molar-refractivity contribution in [3.05, 3.63) is 78.2 Å². The molecule has 1 unspecified atom stereocenters. The fourth-order valence-electron chi connectivity index (χ4n) is 6.33. The number of nitrogens with one attached hydrogen (secondary N) is 1. The number of piperidine rings is 1. The van der Waals surface area contributed by atoms with E-state index in [4.69, 9.17) is 15.7 Å². The Labute approximate surface area is 248 Å². The van der Waals surface area contributed by atoms with E-state index in [1.807, 2.05) is 78.0 Å². The van der Waals surface area contributed by atoms with Crippen LogP contribution in [0.5, 0.6) is 0 Å². The Kier molecular flexibility index (Phi) is 6.89. The van der Waals surface area contributed by atoms with Gasteiger partial charge in [-0.1, -0.05) is 19.9 Å². The van der Waals surface area contributed by atoms with Crippen LogP contribution < -0.4 is 11.1 Å². The smallest absolute Gasteiger partial charge is 0.225 e. The van der Waals surface area contributed by atoms with E-state index in [1.54, 1.807) is 17.1 Å². The second-order valence-electron chi connectivity index (χ2n) is 11.7. The molecule has 4 aromatic heterocycles. The van der Waals surface area contributed by atoms with Crippen LogP contribution in [0.1, 0.15) is 43.9 Å². The van der Waals surface area contributed by atoms with E-state index in [0.29, 0.717) is 53.7 Å². The normalized spacial score (nSPS) is 18.9. The van der Waals surface area contributed by atoms with Crippen molar-refractivity contribution < 1.29 is 9.18 Å². The fourth-order valence-corrected chi connectivity index (χ4v) is 6.33. The summed E-state index contributed by atoms with van der Waals surface area (Å²) in [4.78, 5) is 28.5. The lowest BCUT2D eigenvalue weighted by Gasteiger charge is -2.35. The fraction of sp³-hybridized carbons (Fsp3) is 0.344. The molecular weight excluding hydrogens is 545 g/mol. The zero-order chi connectivity index (χ0) is 29.7. The lowest BCUT2D eigenvalue weighted by molar-refractivity contribution is -0.135. The van der Waals surface area contributed by atoms with Gasteiger partial charge in [-0.05, 0) is 66.4 Å². The highest BCUT2D eigenvalue weighted by molar-refractivity contribution is 5.83. The molecule has 0 saturated carbocycles. The summed E-state index contributed by atoms with van der Waals surface area (Å²) in [7, 11) is 0. The largest absolute Gasteiger partial charge is 0.383 e. The minimum Gasteiger partial charge on any atom is -0.383 e. The van der Waals surface area contributed by atoms with Gasteiger partial charge in [-0.2, -0.15) is 5.10 Å². The summed E-state index contributed by atoms with van der Waals surface area (Å²) in [5.41, 5.74) is 11.1. The van der Waals surface area contributed by atoms with Crippen molar-refractivity contribution in [3.63, 3.8) is 0 Å². The number of nitrogen functional groups attached to an aromatic ring is 1. The highest BCUT2D eigenvalue weighted by atomic mass is 19.1. The number of hydrogen-bond donors (Lipinski definition) is 2. The number of aromatic nitrogens is 6. The molecule has 7 rings (SSSR count). The zero-order valence-electron chi connectivity index (χ0n) is 24.2. The molecule has 1 aliphatic carbocycles. The summed E-state index contributed by atoms with van der Waals surface area (Å²) < 4.78 is 19.3. The number of imidazole rings is 1. The molecule has 2 aliphatic rings. The molecule has 5 aromatic rings. The van der Waals surface area contributed by atoms with Crippen LogP contribution in [0, 0.1) is 5.92 Å². The maximum Gasteiger partial charge on any atom is 0.225 e. The number of rotatable bonds is 6. The number of carbonyl (C=O) groups excluding carboxylic acids is 1. The van der Waals surface area contributed by atoms with E-state index in [9.17, 15) is 4.79 Å². The van der Waals surface area contributed by atoms with Crippen LogP contribution in [0.4, 0.5) is 10.2 Å². The molecule has 43 heavy (non-hydrogen) atoms. The number of nitrogens with two attached hydrogens (primary N) is 1. The van der Waals surface area contributed by atoms with Crippen molar-refractivity contribution in [3.8, 4) is 22.9 Å². The average Bonchev–Trinajstić information content (AvgIpc) is 3.75. The summed E-state index contributed by atoms with van der Waals surface area (Å²) in [5, 5.41) is 7.92. The van der Waals surface area contributed by atoms with Crippen LogP contribution in [0.2, 0.25) is 0 Å². The monoisotopic (exact) mass is 579 g/mol. The third-order valence-electron chi connectivity index (χ3n) is 8.52. The van der Waals surface area contributed by atoms with Gasteiger partial charge < -0.3 is 16.0 Å². The van der Waals surface area contributed by atoms with E-state index in [0.717, 1.165) is 29.7 Å². The number of pyridine rings is 2. The number of carbonyl (C=O) groups is 1. The molecule has 1 aromatic carbocycles. The molecule has 0 spiro atoms. The van der Waals surface area contributed by atoms with Crippen molar-refractivity contribution in [2.24, 2.45) is 5.92 Å². The molecular formula is C32H34FN9O. The van der Waals surface area contributed by atoms with Gasteiger partial charge in [0, 0.05) is 55.7 Å². The number of anilines is 1. The van der Waals surface area contributed by atoms with Crippen LogP contribution in [-0.4, -0.2) is 65.4 Å². The van der Waals surface area contributed by atoms with Crippen LogP contribution in [0.25, 0.3) is 34.1 Å². The Morgan fingerprint density at radius 2 is 1.91 bits per heavy atom. The molecule has 220 valence electrons. The van der Waals surface area contributed by atoms with Gasteiger partial charge in [0.25, 0.3) is 0 Å². The zero-order valence-corrected chi connectivity index (χ0v) is 24.2. The summed E-state index contributed by atoms with van der Waals surface area (Å²) >= 11 is 0. The first-order valence-electron chi connectivity index (χ1n) is 14.8. The Morgan fingerprint density at radius 1 is 1.07 bits per heavy atom. The molecule has 0 radical (unpaired) electrons. The first kappa shape index (κ1) is 27.2. The molecule has 10 nitrogen and oxygen atoms in total. The highest BCUT2D eigenvalue weighted by Crippen LogP contribution is 2.38. The predicted octanol–water partition coefficient (Wildman–Crippen LogP) is 4.42. The summed E-state index contributed by atoms with van der Waals surface area (Å²) in [6, 6.07) is 15.2. The van der Waals surface area contributed by atoms with E-state index in [1.165, 1.54) is 0 Å². The predicted molar refractivity (Wildman–Crippen MR) is 163 cm³/mol. The standard InChI is InChI=1S/C32H34FN9O/c1-19(2)32(43)40-15-10-21(11-16-40)37-28-23-7-6-22(17-20(23)18-25(28)33)42-30(24-5-3-12-35-29(24)34)38-26-8-9-27(39-31(26)42)41-14-4-13-36-41/h3-9,12-14,17,19,21,25,28,37H,10-11,15-16,18H2,1-2H3,(H2,34,35)/t25?,28-/m1/s1. The molecule has 5 heterocycles. The quantitative estimate of drug-likeness (QED) is 0.306. The van der Waals surface area contributed by atoms with Gasteiger partial charge in [0.2, 0.25) is 5.91 Å². The minimum atomic E-state index is -1.04. The Balaban J connectivity index is 1.23. The van der Waals surface area contributed by atoms with Gasteiger partial charge in [-0.15, -0.1) is 0 Å². The maximum atomic E-state index is 15.6. The molecule has 1 fully saturated rings. The molecule has 3 N–H and O–H groups in total. The van der Waals surface area contributed by atoms with Crippen LogP contribution in [-0.2, 0) is 11.2 Å². The SMILES string of the molecule is CC(C)C(=O)N1CCC(N[C@@H]2c3ccc(-n4c(-c5cccnc5N)nc5ccc(-n6cccn6)nc54)cc3CC2F)CC1. The number of nitrogens with zero attached hydrogens (tertiary/aromatic N) is 7. The Bertz CT molecular complexity index is 1790. The summed E-state index contributed by atoms with van der Waals surface area (Å²) in [6.07, 6.45) is 6.09. The van der Waals surface area contributed by atoms with Crippen molar-refractivity contribution in [1.29, 1.82) is 0 Å². The van der Waals surface area contributed by atoms with E-state index in [-0.39, 0.29) is 23.9 Å². The third-order valence-corrected chi connectivity index (χ3v) is 8.52. The third kappa shape index (κ3) is 4.93. The van der Waals surface area contributed by atoms with Crippen LogP contribution in [0.15, 0.2) is 67.1 Å². The second-order valence-corrected chi connectivity index (χ2v) is 11.7. The Morgan fingerprint density at radius 3 is 2.65 bits per heavy atom. The second kappa shape index (κ2) is 10.9. The summed E-state index contributed by atoms with van der Waals surface area (Å²) in [5.74, 6) is 1.80. The van der Waals surface area contributed by atoms with Gasteiger partial charge in [-0.25, -0.2) is 24.0 Å². The Hall–Kier alpha value is -4.64. The van der Waals surface area contributed by atoms with Crippen LogP contribution in [0.3, 0.4) is 0 Å². The number of hydrogen-bond acceptors (Lipinski definition) is 7. The average molecular weight is 580 g/mol. The van der Waals surface area contributed by atoms with E-state index < -0.39 is 6.17 Å². The molecule has 0 bridgehead atoms. The first-order valence-corrected chi connectivity index (χ1v) is 14.8. The van der Waals surface area contributed by atoms with Crippen LogP contribution >= 0.6 is 0 Å². The molecule has 1 saturated heterocycles. The number of likely N-dealkylation sites (tertiary alicyclic amines) is 1. The minimum absolute atomic E-state index is 0.00860. The molecule has 11 heteroatoms. The van der Waals surface area contributed by atoms with Crippen molar-refractivity contribution >= 4 is 22.9 Å². The van der Waals surface area contributed by atoms with E-state index in [2.05, 4.69) is 15.4 Å². The van der Waals surface area contributed by atoms with Gasteiger partial charge in [-0.3, -0.25) is 9.36 Å². The highest BCUT2D eigenvalue weighted by Gasteiger charge is 2.36. The molecule has 1 amide bonds. The summed E-state index contributed by atoms with van der Waals surface area (Å²) in [6.45, 7) is 5.26. The van der Waals surface area contributed by atoms with Gasteiger partial charge in [0.1, 0.15) is 17.5 Å². The molecule has 1 aliphatic heterocycles. The van der Waals surface area contributed by atoms with Crippen molar-refractivity contribution in [2.45, 2.75) is 51.4 Å². The number of benzene rings is 1. The van der Waals surface area contributed by atoms with Gasteiger partial charge >= 0.3 is 0 Å². The van der Waals surface area contributed by atoms with Gasteiger partial charge in [0.15, 0.2) is 17.3 Å². The number of halogens is 1. The molecule has 2 atom stereocenters. The number of alkyl halides is 1. The lowest BCUT2D eigenvalue weighted by Crippen LogP contribution is -2.47.